The van der Waals surface area contributed by atoms with Crippen LogP contribution < -0.4 is 10.0 Å². The molecule has 0 radical (unpaired) electrons. The third-order valence-corrected chi connectivity index (χ3v) is 6.44. The maximum Gasteiger partial charge on any atom is 0.212 e. The summed E-state index contributed by atoms with van der Waals surface area (Å²) in [6, 6.07) is 0.578. The van der Waals surface area contributed by atoms with E-state index < -0.39 is 10.0 Å². The van der Waals surface area contributed by atoms with E-state index in [0.29, 0.717) is 19.1 Å². The van der Waals surface area contributed by atoms with Crippen molar-refractivity contribution in [1.82, 2.24) is 10.0 Å². The van der Waals surface area contributed by atoms with Crippen molar-refractivity contribution in [2.75, 3.05) is 25.1 Å². The smallest absolute Gasteiger partial charge is 0.212 e. The van der Waals surface area contributed by atoms with Gasteiger partial charge in [0.05, 0.1) is 5.75 Å². The first kappa shape index (κ1) is 13.6. The van der Waals surface area contributed by atoms with Gasteiger partial charge in [0.1, 0.15) is 0 Å². The van der Waals surface area contributed by atoms with Gasteiger partial charge < -0.3 is 5.32 Å². The predicted octanol–water partition coefficient (Wildman–Crippen LogP) is 0.943. The van der Waals surface area contributed by atoms with Crippen LogP contribution in [0.3, 0.4) is 0 Å². The average molecular weight is 278 g/mol. The van der Waals surface area contributed by atoms with Gasteiger partial charge in [-0.3, -0.25) is 0 Å². The Morgan fingerprint density at radius 3 is 2.53 bits per heavy atom. The highest BCUT2D eigenvalue weighted by Gasteiger charge is 2.36. The molecule has 0 aromatic carbocycles. The third kappa shape index (κ3) is 4.12. The molecule has 0 aromatic heterocycles. The van der Waals surface area contributed by atoms with Gasteiger partial charge in [-0.2, -0.15) is 11.8 Å². The van der Waals surface area contributed by atoms with E-state index in [1.54, 1.807) is 11.8 Å². The molecule has 2 rings (SSSR count). The Kier molecular flexibility index (Phi) is 4.39. The highest BCUT2D eigenvalue weighted by molar-refractivity contribution is 8.00. The first-order valence-corrected chi connectivity index (χ1v) is 9.19. The molecular formula is C11H22N2O2S2. The van der Waals surface area contributed by atoms with Crippen LogP contribution in [0, 0.1) is 0 Å². The van der Waals surface area contributed by atoms with Gasteiger partial charge in [0.25, 0.3) is 0 Å². The molecule has 0 aliphatic heterocycles. The van der Waals surface area contributed by atoms with E-state index in [1.807, 2.05) is 0 Å². The first-order valence-electron chi connectivity index (χ1n) is 6.31. The monoisotopic (exact) mass is 278 g/mol. The van der Waals surface area contributed by atoms with Crippen LogP contribution in [0.5, 0.6) is 0 Å². The van der Waals surface area contributed by atoms with Gasteiger partial charge in [-0.1, -0.05) is 6.42 Å². The molecule has 100 valence electrons. The van der Waals surface area contributed by atoms with Crippen LogP contribution in [0.1, 0.15) is 32.1 Å². The second-order valence-electron chi connectivity index (χ2n) is 5.11. The first-order chi connectivity index (χ1) is 8.05. The van der Waals surface area contributed by atoms with Crippen LogP contribution in [0.25, 0.3) is 0 Å². The molecule has 0 bridgehead atoms. The van der Waals surface area contributed by atoms with E-state index in [4.69, 9.17) is 0 Å². The van der Waals surface area contributed by atoms with Crippen molar-refractivity contribution in [2.24, 2.45) is 0 Å². The summed E-state index contributed by atoms with van der Waals surface area (Å²) in [6.07, 6.45) is 7.97. The summed E-state index contributed by atoms with van der Waals surface area (Å²) >= 11 is 1.80. The molecule has 4 nitrogen and oxygen atoms in total. The molecule has 6 heteroatoms. The topological polar surface area (TPSA) is 58.2 Å². The molecule has 0 aromatic rings. The van der Waals surface area contributed by atoms with E-state index in [0.717, 1.165) is 12.8 Å². The van der Waals surface area contributed by atoms with E-state index in [2.05, 4.69) is 16.3 Å². The Morgan fingerprint density at radius 1 is 1.35 bits per heavy atom. The van der Waals surface area contributed by atoms with E-state index in [-0.39, 0.29) is 10.5 Å². The summed E-state index contributed by atoms with van der Waals surface area (Å²) in [6.45, 7) is 1.17. The largest absolute Gasteiger partial charge is 0.313 e. The Balaban J connectivity index is 1.68. The highest BCUT2D eigenvalue weighted by atomic mass is 32.2. The molecule has 0 atom stereocenters. The van der Waals surface area contributed by atoms with Crippen molar-refractivity contribution in [2.45, 2.75) is 42.9 Å². The van der Waals surface area contributed by atoms with Gasteiger partial charge in [0, 0.05) is 23.9 Å². The van der Waals surface area contributed by atoms with E-state index in [9.17, 15) is 8.42 Å². The number of thioether (sulfide) groups is 1. The van der Waals surface area contributed by atoms with E-state index >= 15 is 0 Å². The van der Waals surface area contributed by atoms with Crippen LogP contribution in [0.4, 0.5) is 0 Å². The van der Waals surface area contributed by atoms with Crippen LogP contribution in [0.2, 0.25) is 0 Å². The Labute approximate surface area is 108 Å². The summed E-state index contributed by atoms with van der Waals surface area (Å²) < 4.78 is 26.5. The minimum atomic E-state index is -3.09. The van der Waals surface area contributed by atoms with Gasteiger partial charge in [0.2, 0.25) is 10.0 Å². The lowest BCUT2D eigenvalue weighted by atomic mass is 9.84. The molecule has 2 saturated carbocycles. The van der Waals surface area contributed by atoms with Crippen LogP contribution >= 0.6 is 11.8 Å². The predicted molar refractivity (Wildman–Crippen MR) is 72.9 cm³/mol. The van der Waals surface area contributed by atoms with Crippen LogP contribution in [0.15, 0.2) is 0 Å². The second kappa shape index (κ2) is 5.47. The van der Waals surface area contributed by atoms with Crippen molar-refractivity contribution in [1.29, 1.82) is 0 Å². The molecule has 0 heterocycles. The minimum Gasteiger partial charge on any atom is -0.313 e. The summed E-state index contributed by atoms with van der Waals surface area (Å²) in [7, 11) is -3.09. The lowest BCUT2D eigenvalue weighted by Gasteiger charge is -2.40. The zero-order chi connectivity index (χ0) is 12.4. The number of sulfonamides is 1. The zero-order valence-electron chi connectivity index (χ0n) is 10.4. The zero-order valence-corrected chi connectivity index (χ0v) is 12.0. The van der Waals surface area contributed by atoms with Crippen molar-refractivity contribution in [3.05, 3.63) is 0 Å². The SMILES string of the molecule is CSC1(CNS(=O)(=O)CCNC2CC2)CCC1. The maximum atomic E-state index is 11.8. The average Bonchev–Trinajstić information content (AvgIpc) is 3.00. The quantitative estimate of drug-likeness (QED) is 0.694. The summed E-state index contributed by atoms with van der Waals surface area (Å²) in [4.78, 5) is 0. The fourth-order valence-corrected chi connectivity index (χ4v) is 4.05. The molecule has 0 unspecified atom stereocenters. The molecule has 2 fully saturated rings. The van der Waals surface area contributed by atoms with Gasteiger partial charge in [-0.15, -0.1) is 0 Å². The Bertz CT molecular complexity index is 343. The molecule has 0 amide bonds. The summed E-state index contributed by atoms with van der Waals surface area (Å²) in [5.74, 6) is 0.202. The number of hydrogen-bond acceptors (Lipinski definition) is 4. The van der Waals surface area contributed by atoms with Crippen LogP contribution in [-0.4, -0.2) is 44.3 Å². The molecule has 2 N–H and O–H groups in total. The molecular weight excluding hydrogens is 256 g/mol. The second-order valence-corrected chi connectivity index (χ2v) is 8.31. The maximum absolute atomic E-state index is 11.8. The van der Waals surface area contributed by atoms with Crippen molar-refractivity contribution in [3.63, 3.8) is 0 Å². The molecule has 0 spiro atoms. The summed E-state index contributed by atoms with van der Waals surface area (Å²) in [5, 5.41) is 3.23. The lowest BCUT2D eigenvalue weighted by molar-refractivity contribution is 0.362. The normalized spacial score (nSPS) is 23.4. The van der Waals surface area contributed by atoms with E-state index in [1.165, 1.54) is 19.3 Å². The van der Waals surface area contributed by atoms with Crippen molar-refractivity contribution < 1.29 is 8.42 Å². The number of rotatable bonds is 8. The van der Waals surface area contributed by atoms with Gasteiger partial charge in [-0.25, -0.2) is 13.1 Å². The molecule has 2 aliphatic carbocycles. The molecule has 2 aliphatic rings. The standard InChI is InChI=1S/C11H22N2O2S2/c1-16-11(5-2-6-11)9-13-17(14,15)8-7-12-10-3-4-10/h10,12-13H,2-9H2,1H3. The fourth-order valence-electron chi connectivity index (χ4n) is 2.02. The summed E-state index contributed by atoms with van der Waals surface area (Å²) in [5.41, 5.74) is 0. The Hall–Kier alpha value is 0.220. The van der Waals surface area contributed by atoms with Crippen molar-refractivity contribution in [3.8, 4) is 0 Å². The van der Waals surface area contributed by atoms with Crippen LogP contribution in [-0.2, 0) is 10.0 Å². The number of hydrogen-bond donors (Lipinski definition) is 2. The fraction of sp³-hybridized carbons (Fsp3) is 1.00. The van der Waals surface area contributed by atoms with Gasteiger partial charge >= 0.3 is 0 Å². The van der Waals surface area contributed by atoms with Gasteiger partial charge in [-0.05, 0) is 31.9 Å². The third-order valence-electron chi connectivity index (χ3n) is 3.69. The van der Waals surface area contributed by atoms with Gasteiger partial charge in [0.15, 0.2) is 0 Å². The number of nitrogens with one attached hydrogen (secondary N) is 2. The molecule has 17 heavy (non-hydrogen) atoms. The Morgan fingerprint density at radius 2 is 2.06 bits per heavy atom. The minimum absolute atomic E-state index is 0.178. The lowest BCUT2D eigenvalue weighted by Crippen LogP contribution is -2.46. The van der Waals surface area contributed by atoms with Crippen molar-refractivity contribution >= 4 is 21.8 Å². The highest BCUT2D eigenvalue weighted by Crippen LogP contribution is 2.42. The molecule has 0 saturated heterocycles.